The lowest BCUT2D eigenvalue weighted by atomic mass is 10.2. The molecular weight excluding hydrogens is 1140 g/mol. The van der Waals surface area contributed by atoms with Gasteiger partial charge in [0.2, 0.25) is 11.8 Å². The van der Waals surface area contributed by atoms with Crippen molar-refractivity contribution in [2.24, 2.45) is 0 Å². The van der Waals surface area contributed by atoms with E-state index >= 15 is 0 Å². The minimum atomic E-state index is -0.711. The third-order valence-corrected chi connectivity index (χ3v) is 12.8. The lowest BCUT2D eigenvalue weighted by Gasteiger charge is -2.21. The van der Waals surface area contributed by atoms with Crippen molar-refractivity contribution in [2.45, 2.75) is 85.0 Å². The van der Waals surface area contributed by atoms with Crippen LogP contribution in [0.2, 0.25) is 0 Å². The Hall–Kier alpha value is -8.84. The average Bonchev–Trinajstić information content (AvgIpc) is 4.44. The molecule has 0 aliphatic carbocycles. The van der Waals surface area contributed by atoms with Gasteiger partial charge in [-0.25, -0.2) is 28.5 Å². The number of nitrogens with zero attached hydrogens (tertiary/aromatic N) is 10. The molecule has 0 spiro atoms. The predicted molar refractivity (Wildman–Crippen MR) is 313 cm³/mol. The zero-order chi connectivity index (χ0) is 63.2. The van der Waals surface area contributed by atoms with E-state index in [0.29, 0.717) is 76.6 Å². The third-order valence-electron chi connectivity index (χ3n) is 12.8. The molecule has 0 saturated carbocycles. The molecule has 480 valence electrons. The molecule has 0 fully saturated rings. The standard InChI is InChI=1S/C56H85N15O16/c1-42(72)66(4)22-24-68(6)55(78)86-38-44-12-16-46(17-13-44)58-20-8-10-51(74)82-32-30-80-28-26-70-36-48(62-64-70)34-60-53(76)84-40-50(57-3)41-85-54(77)61-35-49-37-71(65-63-49)27-29-81-31-33-83-52(75)11-9-21-59-47-18-14-45(15-19-47)39-87-56(79)69(7)25-23-67(5)43(2)73/h12-19,36-37,50,57-59H,8-11,20-35,38-41H2,1-7H3,(H,60,76)(H,61,77). The summed E-state index contributed by atoms with van der Waals surface area (Å²) in [6.07, 6.45) is 2.48. The molecule has 4 rings (SSSR count). The van der Waals surface area contributed by atoms with Gasteiger partial charge in [0.1, 0.15) is 51.0 Å². The molecule has 0 atom stereocenters. The molecular formula is C56H85N15O16. The maximum Gasteiger partial charge on any atom is 0.409 e. The second-order valence-electron chi connectivity index (χ2n) is 19.8. The molecule has 2 heterocycles. The van der Waals surface area contributed by atoms with Crippen molar-refractivity contribution < 1.29 is 76.3 Å². The monoisotopic (exact) mass is 1220 g/mol. The first kappa shape index (κ1) is 70.6. The number of amides is 6. The number of benzene rings is 2. The van der Waals surface area contributed by atoms with E-state index in [9.17, 15) is 38.4 Å². The highest BCUT2D eigenvalue weighted by Crippen LogP contribution is 2.13. The van der Waals surface area contributed by atoms with Crippen LogP contribution in [0.1, 0.15) is 62.0 Å². The molecule has 2 aromatic heterocycles. The van der Waals surface area contributed by atoms with Crippen LogP contribution in [0, 0.1) is 0 Å². The summed E-state index contributed by atoms with van der Waals surface area (Å²) < 4.78 is 46.0. The molecule has 31 heteroatoms. The van der Waals surface area contributed by atoms with Crippen molar-refractivity contribution >= 4 is 59.5 Å². The molecule has 31 nitrogen and oxygen atoms in total. The fraction of sp³-hybridized carbons (Fsp3) is 0.571. The number of hydrogen-bond acceptors (Lipinski definition) is 23. The highest BCUT2D eigenvalue weighted by atomic mass is 16.6. The van der Waals surface area contributed by atoms with E-state index in [1.807, 2.05) is 48.5 Å². The van der Waals surface area contributed by atoms with Crippen LogP contribution in [0.3, 0.4) is 0 Å². The van der Waals surface area contributed by atoms with Gasteiger partial charge < -0.3 is 84.1 Å². The van der Waals surface area contributed by atoms with Gasteiger partial charge in [-0.1, -0.05) is 34.7 Å². The molecule has 0 bridgehead atoms. The van der Waals surface area contributed by atoms with Gasteiger partial charge in [0.05, 0.1) is 71.0 Å². The first-order valence-electron chi connectivity index (χ1n) is 28.4. The molecule has 0 unspecified atom stereocenters. The molecule has 0 saturated heterocycles. The summed E-state index contributed by atoms with van der Waals surface area (Å²) in [7, 11) is 8.20. The number of ether oxygens (including phenoxy) is 8. The summed E-state index contributed by atoms with van der Waals surface area (Å²) in [6, 6.07) is 14.3. The van der Waals surface area contributed by atoms with E-state index in [0.717, 1.165) is 22.5 Å². The van der Waals surface area contributed by atoms with Gasteiger partial charge in [-0.2, -0.15) is 0 Å². The van der Waals surface area contributed by atoms with Gasteiger partial charge in [-0.3, -0.25) is 19.2 Å². The number of carbonyl (C=O) groups is 8. The summed E-state index contributed by atoms with van der Waals surface area (Å²) in [6.45, 7) is 7.58. The van der Waals surface area contributed by atoms with Gasteiger partial charge in [-0.05, 0) is 55.3 Å². The summed E-state index contributed by atoms with van der Waals surface area (Å²) in [5.41, 5.74) is 4.30. The quantitative estimate of drug-likeness (QED) is 0.0242. The first-order valence-corrected chi connectivity index (χ1v) is 28.4. The summed E-state index contributed by atoms with van der Waals surface area (Å²) in [5.74, 6) is -0.837. The molecule has 2 aromatic carbocycles. The summed E-state index contributed by atoms with van der Waals surface area (Å²) >= 11 is 0. The van der Waals surface area contributed by atoms with Crippen LogP contribution in [0.15, 0.2) is 60.9 Å². The molecule has 6 amide bonds. The third kappa shape index (κ3) is 30.7. The number of nitrogens with one attached hydrogen (secondary N) is 5. The number of anilines is 2. The Morgan fingerprint density at radius 2 is 0.897 bits per heavy atom. The molecule has 4 aromatic rings. The van der Waals surface area contributed by atoms with Gasteiger partial charge >= 0.3 is 36.3 Å². The number of esters is 2. The lowest BCUT2D eigenvalue weighted by molar-refractivity contribution is -0.146. The number of rotatable bonds is 41. The Kier molecular flexibility index (Phi) is 32.9. The topological polar surface area (TPSA) is 345 Å². The van der Waals surface area contributed by atoms with Crippen LogP contribution in [0.25, 0.3) is 0 Å². The van der Waals surface area contributed by atoms with Crippen LogP contribution in [-0.4, -0.2) is 231 Å². The van der Waals surface area contributed by atoms with E-state index in [2.05, 4.69) is 47.2 Å². The van der Waals surface area contributed by atoms with Gasteiger partial charge in [0.15, 0.2) is 0 Å². The van der Waals surface area contributed by atoms with Gasteiger partial charge in [0, 0.05) is 106 Å². The molecule has 0 radical (unpaired) electrons. The van der Waals surface area contributed by atoms with E-state index in [4.69, 9.17) is 37.9 Å². The Bertz CT molecular complexity index is 2530. The number of aromatic nitrogens is 6. The van der Waals surface area contributed by atoms with Crippen LogP contribution >= 0.6 is 0 Å². The van der Waals surface area contributed by atoms with Crippen LogP contribution < -0.4 is 26.6 Å². The average molecular weight is 1220 g/mol. The Labute approximate surface area is 506 Å². The van der Waals surface area contributed by atoms with Crippen molar-refractivity contribution in [2.75, 3.05) is 138 Å². The van der Waals surface area contributed by atoms with Crippen molar-refractivity contribution in [3.63, 3.8) is 0 Å². The van der Waals surface area contributed by atoms with E-state index in [1.165, 1.54) is 33.4 Å². The van der Waals surface area contributed by atoms with E-state index in [-0.39, 0.29) is 116 Å². The number of hydrogen-bond donors (Lipinski definition) is 5. The van der Waals surface area contributed by atoms with Crippen molar-refractivity contribution in [1.82, 2.24) is 65.5 Å². The van der Waals surface area contributed by atoms with E-state index in [1.54, 1.807) is 57.0 Å². The van der Waals surface area contributed by atoms with Crippen molar-refractivity contribution in [1.29, 1.82) is 0 Å². The Balaban J connectivity index is 0.928. The van der Waals surface area contributed by atoms with E-state index < -0.39 is 30.4 Å². The zero-order valence-corrected chi connectivity index (χ0v) is 50.8. The van der Waals surface area contributed by atoms with Crippen LogP contribution in [0.4, 0.5) is 30.6 Å². The maximum absolute atomic E-state index is 12.4. The smallest absolute Gasteiger partial charge is 0.409 e. The predicted octanol–water partition coefficient (Wildman–Crippen LogP) is 2.61. The Morgan fingerprint density at radius 3 is 1.28 bits per heavy atom. The number of carbonyl (C=O) groups excluding carboxylic acids is 8. The lowest BCUT2D eigenvalue weighted by Crippen LogP contribution is -2.39. The normalized spacial score (nSPS) is 10.8. The van der Waals surface area contributed by atoms with Gasteiger partial charge in [0.25, 0.3) is 0 Å². The summed E-state index contributed by atoms with van der Waals surface area (Å²) in [5, 5.41) is 30.8. The highest BCUT2D eigenvalue weighted by Gasteiger charge is 2.17. The SMILES string of the molecule is CNC(COC(=O)NCc1cn(CCOCCOC(=O)CCCNc2ccc(COC(=O)N(C)CCN(C)C(C)=O)cc2)nn1)COC(=O)NCc1cn(CCOCCOC(=O)CCCNc2ccc(COC(=O)N(C)CCN(C)C(C)=O)cc2)nn1. The van der Waals surface area contributed by atoms with Crippen LogP contribution in [0.5, 0.6) is 0 Å². The molecule has 0 aliphatic heterocycles. The first-order chi connectivity index (χ1) is 41.9. The largest absolute Gasteiger partial charge is 0.463 e. The second kappa shape index (κ2) is 40.5. The minimum absolute atomic E-state index is 0.0483. The van der Waals surface area contributed by atoms with Crippen LogP contribution in [-0.2, 0) is 96.5 Å². The number of likely N-dealkylation sites (N-methyl/N-ethyl adjacent to an activating group) is 5. The minimum Gasteiger partial charge on any atom is -0.463 e. The van der Waals surface area contributed by atoms with Gasteiger partial charge in [-0.15, -0.1) is 10.2 Å². The Morgan fingerprint density at radius 1 is 0.506 bits per heavy atom. The molecule has 5 N–H and O–H groups in total. The molecule has 87 heavy (non-hydrogen) atoms. The maximum atomic E-state index is 12.4. The second-order valence-corrected chi connectivity index (χ2v) is 19.8. The van der Waals surface area contributed by atoms with Crippen molar-refractivity contribution in [3.05, 3.63) is 83.4 Å². The highest BCUT2D eigenvalue weighted by molar-refractivity contribution is 5.74. The fourth-order valence-electron chi connectivity index (χ4n) is 7.12. The molecule has 0 aliphatic rings. The fourth-order valence-corrected chi connectivity index (χ4v) is 7.12. The van der Waals surface area contributed by atoms with Crippen molar-refractivity contribution in [3.8, 4) is 0 Å². The summed E-state index contributed by atoms with van der Waals surface area (Å²) in [4.78, 5) is 102. The number of alkyl carbamates (subject to hydrolysis) is 2. The zero-order valence-electron chi connectivity index (χ0n) is 50.8.